The number of aliphatic hydroxyl groups excluding tert-OH is 1. The van der Waals surface area contributed by atoms with Crippen LogP contribution in [0.3, 0.4) is 0 Å². The maximum absolute atomic E-state index is 9.08. The first kappa shape index (κ1) is 21.2. The van der Waals surface area contributed by atoms with Crippen molar-refractivity contribution in [1.82, 2.24) is 24.3 Å². The van der Waals surface area contributed by atoms with E-state index in [9.17, 15) is 0 Å². The number of hydrogen-bond acceptors (Lipinski definition) is 10. The van der Waals surface area contributed by atoms with Crippen molar-refractivity contribution in [2.45, 2.75) is 30.2 Å². The van der Waals surface area contributed by atoms with Crippen molar-refractivity contribution in [3.8, 4) is 11.5 Å². The SMILES string of the molecule is Cc1cccnc1Sc1cnc(Nc2nc(CCO)ns2)c(Oc2cccnc2C)c1. The Balaban J connectivity index is 1.65. The van der Waals surface area contributed by atoms with Crippen LogP contribution in [-0.4, -0.2) is 36.0 Å². The number of aliphatic hydroxyl groups is 1. The highest BCUT2D eigenvalue weighted by Gasteiger charge is 2.14. The molecule has 0 atom stereocenters. The van der Waals surface area contributed by atoms with Gasteiger partial charge in [-0.3, -0.25) is 4.98 Å². The molecule has 0 unspecified atom stereocenters. The Kier molecular flexibility index (Phi) is 6.70. The van der Waals surface area contributed by atoms with Gasteiger partial charge in [-0.1, -0.05) is 17.8 Å². The van der Waals surface area contributed by atoms with Crippen LogP contribution in [0.5, 0.6) is 11.5 Å². The van der Waals surface area contributed by atoms with Crippen LogP contribution < -0.4 is 10.1 Å². The van der Waals surface area contributed by atoms with Crippen LogP contribution in [0.2, 0.25) is 0 Å². The van der Waals surface area contributed by atoms with E-state index in [4.69, 9.17) is 9.84 Å². The maximum Gasteiger partial charge on any atom is 0.208 e. The van der Waals surface area contributed by atoms with E-state index in [1.807, 2.05) is 44.2 Å². The number of pyridine rings is 3. The molecule has 2 N–H and O–H groups in total. The minimum absolute atomic E-state index is 0.00191. The summed E-state index contributed by atoms with van der Waals surface area (Å²) in [6.45, 7) is 3.91. The number of nitrogens with one attached hydrogen (secondary N) is 1. The lowest BCUT2D eigenvalue weighted by Crippen LogP contribution is -1.99. The molecule has 0 aliphatic heterocycles. The average Bonchev–Trinajstić information content (AvgIpc) is 3.20. The van der Waals surface area contributed by atoms with Crippen molar-refractivity contribution in [2.24, 2.45) is 0 Å². The van der Waals surface area contributed by atoms with E-state index >= 15 is 0 Å². The van der Waals surface area contributed by atoms with Crippen molar-refractivity contribution < 1.29 is 9.84 Å². The van der Waals surface area contributed by atoms with Gasteiger partial charge in [0.15, 0.2) is 11.6 Å². The molecule has 4 aromatic rings. The Labute approximate surface area is 188 Å². The second-order valence-electron chi connectivity index (χ2n) is 6.55. The van der Waals surface area contributed by atoms with E-state index in [1.54, 1.807) is 18.6 Å². The predicted molar refractivity (Wildman–Crippen MR) is 120 cm³/mol. The molecule has 0 amide bonds. The Morgan fingerprint density at radius 1 is 1.10 bits per heavy atom. The molecule has 0 aliphatic rings. The summed E-state index contributed by atoms with van der Waals surface area (Å²) in [5.74, 6) is 2.27. The summed E-state index contributed by atoms with van der Waals surface area (Å²) < 4.78 is 10.4. The number of rotatable bonds is 8. The van der Waals surface area contributed by atoms with Gasteiger partial charge in [-0.25, -0.2) is 15.0 Å². The van der Waals surface area contributed by atoms with Crippen molar-refractivity contribution in [2.75, 3.05) is 11.9 Å². The zero-order chi connectivity index (χ0) is 21.6. The van der Waals surface area contributed by atoms with Gasteiger partial charge >= 0.3 is 0 Å². The molecule has 4 heterocycles. The topological polar surface area (TPSA) is 106 Å². The fraction of sp³-hybridized carbons (Fsp3) is 0.190. The van der Waals surface area contributed by atoms with E-state index in [0.717, 1.165) is 21.2 Å². The molecule has 0 bridgehead atoms. The lowest BCUT2D eigenvalue weighted by molar-refractivity contribution is 0.297. The lowest BCUT2D eigenvalue weighted by atomic mass is 10.3. The smallest absolute Gasteiger partial charge is 0.208 e. The number of nitrogens with zero attached hydrogens (tertiary/aromatic N) is 5. The van der Waals surface area contributed by atoms with Gasteiger partial charge < -0.3 is 15.2 Å². The van der Waals surface area contributed by atoms with Crippen LogP contribution in [0, 0.1) is 13.8 Å². The standard InChI is InChI=1S/C21H20N6O2S2/c1-13-5-3-9-23-20(13)30-15-11-17(29-16-6-4-8-22-14(16)2)19(24-12-15)26-21-25-18(7-10-28)27-31-21/h3-6,8-9,11-12,28H,7,10H2,1-2H3,(H,24,25,26,27). The van der Waals surface area contributed by atoms with Gasteiger partial charge in [-0.2, -0.15) is 4.37 Å². The van der Waals surface area contributed by atoms with Crippen molar-refractivity contribution >= 4 is 34.2 Å². The fourth-order valence-electron chi connectivity index (χ4n) is 2.65. The molecule has 0 aliphatic carbocycles. The summed E-state index contributed by atoms with van der Waals surface area (Å²) in [4.78, 5) is 18.6. The normalized spacial score (nSPS) is 10.8. The van der Waals surface area contributed by atoms with Crippen molar-refractivity contribution in [1.29, 1.82) is 0 Å². The van der Waals surface area contributed by atoms with Gasteiger partial charge in [-0.05, 0) is 37.6 Å². The van der Waals surface area contributed by atoms with Crippen LogP contribution in [0.4, 0.5) is 10.9 Å². The number of ether oxygens (including phenoxy) is 1. The van der Waals surface area contributed by atoms with Crippen LogP contribution in [0.15, 0.2) is 58.8 Å². The minimum Gasteiger partial charge on any atom is -0.452 e. The fourth-order valence-corrected chi connectivity index (χ4v) is 4.10. The van der Waals surface area contributed by atoms with Crippen LogP contribution in [0.1, 0.15) is 17.1 Å². The summed E-state index contributed by atoms with van der Waals surface area (Å²) >= 11 is 2.72. The van der Waals surface area contributed by atoms with Crippen LogP contribution >= 0.6 is 23.3 Å². The molecule has 31 heavy (non-hydrogen) atoms. The maximum atomic E-state index is 9.08. The Morgan fingerprint density at radius 2 is 1.94 bits per heavy atom. The number of anilines is 2. The highest BCUT2D eigenvalue weighted by Crippen LogP contribution is 2.37. The summed E-state index contributed by atoms with van der Waals surface area (Å²) in [7, 11) is 0. The van der Waals surface area contributed by atoms with Crippen molar-refractivity contribution in [3.63, 3.8) is 0 Å². The first-order chi connectivity index (χ1) is 15.1. The van der Waals surface area contributed by atoms with Gasteiger partial charge in [0.25, 0.3) is 0 Å². The Hall–Kier alpha value is -3.08. The van der Waals surface area contributed by atoms with Crippen LogP contribution in [-0.2, 0) is 6.42 Å². The Morgan fingerprint density at radius 3 is 2.74 bits per heavy atom. The molecule has 0 saturated heterocycles. The Bertz CT molecular complexity index is 1180. The van der Waals surface area contributed by atoms with E-state index < -0.39 is 0 Å². The van der Waals surface area contributed by atoms with Crippen molar-refractivity contribution in [3.05, 3.63) is 66.0 Å². The van der Waals surface area contributed by atoms with Gasteiger partial charge in [-0.15, -0.1) is 0 Å². The molecule has 10 heteroatoms. The number of aromatic nitrogens is 5. The third-order valence-electron chi connectivity index (χ3n) is 4.21. The molecule has 4 aromatic heterocycles. The van der Waals surface area contributed by atoms with Gasteiger partial charge in [0.05, 0.1) is 12.3 Å². The molecule has 0 aromatic carbocycles. The quantitative estimate of drug-likeness (QED) is 0.398. The molecule has 8 nitrogen and oxygen atoms in total. The monoisotopic (exact) mass is 452 g/mol. The largest absolute Gasteiger partial charge is 0.452 e. The van der Waals surface area contributed by atoms with E-state index in [2.05, 4.69) is 29.6 Å². The first-order valence-electron chi connectivity index (χ1n) is 9.52. The second-order valence-corrected chi connectivity index (χ2v) is 8.36. The number of hydrogen-bond donors (Lipinski definition) is 2. The van der Waals surface area contributed by atoms with Gasteiger partial charge in [0, 0.05) is 47.5 Å². The van der Waals surface area contributed by atoms with E-state index in [0.29, 0.717) is 34.7 Å². The molecular formula is C21H20N6O2S2. The molecule has 0 radical (unpaired) electrons. The molecule has 4 rings (SSSR count). The highest BCUT2D eigenvalue weighted by atomic mass is 32.2. The predicted octanol–water partition coefficient (Wildman–Crippen LogP) is 4.56. The molecule has 0 fully saturated rings. The highest BCUT2D eigenvalue weighted by molar-refractivity contribution is 7.99. The summed E-state index contributed by atoms with van der Waals surface area (Å²) in [6.07, 6.45) is 5.66. The van der Waals surface area contributed by atoms with Crippen LogP contribution in [0.25, 0.3) is 0 Å². The van der Waals surface area contributed by atoms with E-state index in [-0.39, 0.29) is 6.61 Å². The average molecular weight is 453 g/mol. The molecule has 0 spiro atoms. The summed E-state index contributed by atoms with van der Waals surface area (Å²) in [6, 6.07) is 9.53. The van der Waals surface area contributed by atoms with Gasteiger partial charge in [0.2, 0.25) is 5.13 Å². The molecular weight excluding hydrogens is 432 g/mol. The van der Waals surface area contributed by atoms with E-state index in [1.165, 1.54) is 23.3 Å². The zero-order valence-corrected chi connectivity index (χ0v) is 18.6. The third kappa shape index (κ3) is 5.35. The number of aryl methyl sites for hydroxylation is 2. The van der Waals surface area contributed by atoms with Gasteiger partial charge in [0.1, 0.15) is 16.6 Å². The first-order valence-corrected chi connectivity index (χ1v) is 11.1. The minimum atomic E-state index is 0.00191. The zero-order valence-electron chi connectivity index (χ0n) is 16.9. The lowest BCUT2D eigenvalue weighted by Gasteiger charge is -2.13. The molecule has 158 valence electrons. The summed E-state index contributed by atoms with van der Waals surface area (Å²) in [5, 5.41) is 13.7. The summed E-state index contributed by atoms with van der Waals surface area (Å²) in [5.41, 5.74) is 1.86. The third-order valence-corrected chi connectivity index (χ3v) is 5.96. The second kappa shape index (κ2) is 9.82. The molecule has 0 saturated carbocycles.